The van der Waals surface area contributed by atoms with E-state index >= 15 is 0 Å². The number of aromatic nitrogens is 3. The van der Waals surface area contributed by atoms with Crippen molar-refractivity contribution >= 4 is 22.6 Å². The average molecular weight is 363 g/mol. The molecule has 3 heterocycles. The smallest absolute Gasteiger partial charge is 0.270 e. The lowest BCUT2D eigenvalue weighted by Gasteiger charge is -2.28. The number of aromatic amines is 1. The summed E-state index contributed by atoms with van der Waals surface area (Å²) < 4.78 is 0. The van der Waals surface area contributed by atoms with E-state index in [4.69, 9.17) is 0 Å². The van der Waals surface area contributed by atoms with Crippen molar-refractivity contribution in [1.82, 2.24) is 20.3 Å². The molecule has 140 valence electrons. The molecule has 0 spiro atoms. The number of carbonyl (C=O) groups excluding carboxylic acids is 1. The van der Waals surface area contributed by atoms with E-state index in [1.54, 1.807) is 0 Å². The number of benzene rings is 1. The highest BCUT2D eigenvalue weighted by molar-refractivity contribution is 5.93. The van der Waals surface area contributed by atoms with Gasteiger partial charge in [0.25, 0.3) is 5.91 Å². The average Bonchev–Trinajstić information content (AvgIpc) is 3.11. The first-order chi connectivity index (χ1) is 13.2. The highest BCUT2D eigenvalue weighted by Gasteiger charge is 2.16. The standard InChI is InChI=1S/C21H25N5O/c1-15-24-19(13-20(25-15)26-11-5-2-6-12-26)21(27)22-10-9-16-14-23-18-8-4-3-7-17(16)18/h3-4,7-8,13-14,23H,2,5-6,9-12H2,1H3,(H,22,27). The minimum absolute atomic E-state index is 0.140. The van der Waals surface area contributed by atoms with Gasteiger partial charge in [0.2, 0.25) is 0 Å². The van der Waals surface area contributed by atoms with Crippen molar-refractivity contribution in [3.8, 4) is 0 Å². The van der Waals surface area contributed by atoms with Gasteiger partial charge in [0.05, 0.1) is 0 Å². The van der Waals surface area contributed by atoms with E-state index in [0.717, 1.165) is 30.8 Å². The number of fused-ring (bicyclic) bond motifs is 1. The summed E-state index contributed by atoms with van der Waals surface area (Å²) in [4.78, 5) is 27.0. The van der Waals surface area contributed by atoms with Crippen LogP contribution in [0.15, 0.2) is 36.5 Å². The maximum atomic E-state index is 12.6. The molecule has 0 unspecified atom stereocenters. The third kappa shape index (κ3) is 3.94. The van der Waals surface area contributed by atoms with Crippen molar-refractivity contribution in [1.29, 1.82) is 0 Å². The molecule has 0 bridgehead atoms. The lowest BCUT2D eigenvalue weighted by molar-refractivity contribution is 0.0948. The number of rotatable bonds is 5. The Morgan fingerprint density at radius 1 is 1.19 bits per heavy atom. The summed E-state index contributed by atoms with van der Waals surface area (Å²) in [7, 11) is 0. The number of H-pyrrole nitrogens is 1. The van der Waals surface area contributed by atoms with Crippen LogP contribution in [0.1, 0.15) is 41.1 Å². The number of hydrogen-bond donors (Lipinski definition) is 2. The second-order valence-electron chi connectivity index (χ2n) is 7.07. The number of piperidine rings is 1. The lowest BCUT2D eigenvalue weighted by Crippen LogP contribution is -2.32. The molecule has 6 nitrogen and oxygen atoms in total. The van der Waals surface area contributed by atoms with Crippen molar-refractivity contribution in [3.05, 3.63) is 53.6 Å². The molecule has 1 aliphatic rings. The summed E-state index contributed by atoms with van der Waals surface area (Å²) >= 11 is 0. The first kappa shape index (κ1) is 17.5. The number of nitrogens with zero attached hydrogens (tertiary/aromatic N) is 3. The van der Waals surface area contributed by atoms with Crippen LogP contribution in [-0.2, 0) is 6.42 Å². The Morgan fingerprint density at radius 3 is 2.85 bits per heavy atom. The fraction of sp³-hybridized carbons (Fsp3) is 0.381. The second-order valence-corrected chi connectivity index (χ2v) is 7.07. The number of para-hydroxylation sites is 1. The Kier molecular flexibility index (Phi) is 5.05. The number of anilines is 1. The summed E-state index contributed by atoms with van der Waals surface area (Å²) in [5, 5.41) is 4.20. The number of aryl methyl sites for hydroxylation is 1. The van der Waals surface area contributed by atoms with Crippen LogP contribution in [0.2, 0.25) is 0 Å². The van der Waals surface area contributed by atoms with Crippen molar-refractivity contribution in [2.75, 3.05) is 24.5 Å². The van der Waals surface area contributed by atoms with Crippen molar-refractivity contribution < 1.29 is 4.79 Å². The van der Waals surface area contributed by atoms with Gasteiger partial charge >= 0.3 is 0 Å². The summed E-state index contributed by atoms with van der Waals surface area (Å²) in [6.07, 6.45) is 6.41. The summed E-state index contributed by atoms with van der Waals surface area (Å²) in [6, 6.07) is 10.0. The minimum Gasteiger partial charge on any atom is -0.361 e. The molecule has 0 atom stereocenters. The molecular weight excluding hydrogens is 338 g/mol. The van der Waals surface area contributed by atoms with Crippen LogP contribution in [0.25, 0.3) is 10.9 Å². The number of nitrogens with one attached hydrogen (secondary N) is 2. The molecule has 1 saturated heterocycles. The van der Waals surface area contributed by atoms with Crippen molar-refractivity contribution in [3.63, 3.8) is 0 Å². The lowest BCUT2D eigenvalue weighted by atomic mass is 10.1. The predicted molar refractivity (Wildman–Crippen MR) is 107 cm³/mol. The SMILES string of the molecule is Cc1nc(C(=O)NCCc2c[nH]c3ccccc23)cc(N2CCCCC2)n1. The van der Waals surface area contributed by atoms with Gasteiger partial charge < -0.3 is 15.2 Å². The first-order valence-corrected chi connectivity index (χ1v) is 9.64. The molecule has 1 amide bonds. The maximum Gasteiger partial charge on any atom is 0.270 e. The quantitative estimate of drug-likeness (QED) is 0.730. The highest BCUT2D eigenvalue weighted by atomic mass is 16.1. The van der Waals surface area contributed by atoms with Gasteiger partial charge in [0, 0.05) is 42.8 Å². The largest absolute Gasteiger partial charge is 0.361 e. The summed E-state index contributed by atoms with van der Waals surface area (Å²) in [5.41, 5.74) is 2.78. The Hall–Kier alpha value is -2.89. The Bertz CT molecular complexity index is 943. The Morgan fingerprint density at radius 2 is 2.00 bits per heavy atom. The van der Waals surface area contributed by atoms with Gasteiger partial charge in [-0.1, -0.05) is 18.2 Å². The zero-order valence-corrected chi connectivity index (χ0v) is 15.7. The van der Waals surface area contributed by atoms with Crippen LogP contribution < -0.4 is 10.2 Å². The van der Waals surface area contributed by atoms with Crippen LogP contribution in [-0.4, -0.2) is 40.5 Å². The van der Waals surface area contributed by atoms with E-state index in [2.05, 4.69) is 37.3 Å². The van der Waals surface area contributed by atoms with E-state index < -0.39 is 0 Å². The molecule has 1 fully saturated rings. The molecule has 0 radical (unpaired) electrons. The normalized spacial score (nSPS) is 14.5. The van der Waals surface area contributed by atoms with Crippen LogP contribution >= 0.6 is 0 Å². The fourth-order valence-corrected chi connectivity index (χ4v) is 3.69. The molecule has 2 aromatic heterocycles. The van der Waals surface area contributed by atoms with Gasteiger partial charge in [0.1, 0.15) is 17.3 Å². The van der Waals surface area contributed by atoms with Crippen LogP contribution in [0, 0.1) is 6.92 Å². The number of carbonyl (C=O) groups is 1. The first-order valence-electron chi connectivity index (χ1n) is 9.64. The zero-order chi connectivity index (χ0) is 18.6. The molecule has 2 N–H and O–H groups in total. The molecule has 4 rings (SSSR count). The number of hydrogen-bond acceptors (Lipinski definition) is 4. The monoisotopic (exact) mass is 363 g/mol. The van der Waals surface area contributed by atoms with Crippen LogP contribution in [0.5, 0.6) is 0 Å². The van der Waals surface area contributed by atoms with Crippen LogP contribution in [0.4, 0.5) is 5.82 Å². The van der Waals surface area contributed by atoms with Gasteiger partial charge in [0.15, 0.2) is 0 Å². The third-order valence-electron chi connectivity index (χ3n) is 5.09. The fourth-order valence-electron chi connectivity index (χ4n) is 3.69. The highest BCUT2D eigenvalue weighted by Crippen LogP contribution is 2.19. The van der Waals surface area contributed by atoms with Gasteiger partial charge in [-0.25, -0.2) is 9.97 Å². The summed E-state index contributed by atoms with van der Waals surface area (Å²) in [5.74, 6) is 1.36. The molecule has 1 aromatic carbocycles. The van der Waals surface area contributed by atoms with Gasteiger partial charge in [-0.3, -0.25) is 4.79 Å². The van der Waals surface area contributed by atoms with E-state index in [9.17, 15) is 4.79 Å². The van der Waals surface area contributed by atoms with E-state index in [1.165, 1.54) is 30.2 Å². The van der Waals surface area contributed by atoms with E-state index in [-0.39, 0.29) is 5.91 Å². The van der Waals surface area contributed by atoms with Gasteiger partial charge in [-0.15, -0.1) is 0 Å². The van der Waals surface area contributed by atoms with Crippen LogP contribution in [0.3, 0.4) is 0 Å². The predicted octanol–water partition coefficient (Wildman–Crippen LogP) is 3.23. The van der Waals surface area contributed by atoms with E-state index in [0.29, 0.717) is 18.1 Å². The van der Waals surface area contributed by atoms with Crippen molar-refractivity contribution in [2.24, 2.45) is 0 Å². The van der Waals surface area contributed by atoms with Gasteiger partial charge in [-0.05, 0) is 44.2 Å². The van der Waals surface area contributed by atoms with Crippen molar-refractivity contribution in [2.45, 2.75) is 32.6 Å². The zero-order valence-electron chi connectivity index (χ0n) is 15.7. The van der Waals surface area contributed by atoms with Gasteiger partial charge in [-0.2, -0.15) is 0 Å². The molecular formula is C21H25N5O. The topological polar surface area (TPSA) is 73.9 Å². The molecule has 27 heavy (non-hydrogen) atoms. The van der Waals surface area contributed by atoms with E-state index in [1.807, 2.05) is 31.3 Å². The molecule has 6 heteroatoms. The Labute approximate surface area is 159 Å². The Balaban J connectivity index is 1.41. The maximum absolute atomic E-state index is 12.6. The third-order valence-corrected chi connectivity index (χ3v) is 5.09. The summed E-state index contributed by atoms with van der Waals surface area (Å²) in [6.45, 7) is 4.41. The molecule has 3 aromatic rings. The second kappa shape index (κ2) is 7.78. The minimum atomic E-state index is -0.140. The number of amides is 1. The molecule has 0 aliphatic carbocycles. The molecule has 1 aliphatic heterocycles. The molecule has 0 saturated carbocycles.